The van der Waals surface area contributed by atoms with Crippen molar-refractivity contribution in [3.63, 3.8) is 0 Å². The number of hydrogen-bond acceptors (Lipinski definition) is 9. The number of aromatic amines is 1. The van der Waals surface area contributed by atoms with Crippen molar-refractivity contribution in [2.45, 2.75) is 70.0 Å². The molecule has 1 aromatic heterocycles. The van der Waals surface area contributed by atoms with Crippen molar-refractivity contribution < 1.29 is 46.2 Å². The number of carbonyl (C=O) groups is 1. The number of hydrogen-bond donors (Lipinski definition) is 3. The summed E-state index contributed by atoms with van der Waals surface area (Å²) in [5, 5.41) is 13.1. The van der Waals surface area contributed by atoms with Crippen LogP contribution in [0.15, 0.2) is 46.1 Å². The lowest BCUT2D eigenvalue weighted by atomic mass is 9.95. The van der Waals surface area contributed by atoms with E-state index >= 15 is 4.39 Å². The van der Waals surface area contributed by atoms with E-state index in [4.69, 9.17) is 18.5 Å². The zero-order chi connectivity index (χ0) is 29.1. The number of halogens is 3. The minimum Gasteiger partial charge on any atom is -0.462 e. The molecule has 3 N–H and O–H groups in total. The number of nitrogens with zero attached hydrogens (tertiary/aromatic N) is 1. The van der Waals surface area contributed by atoms with Crippen LogP contribution in [-0.4, -0.2) is 63.4 Å². The smallest absolute Gasteiger partial charge is 0.459 e. The van der Waals surface area contributed by atoms with Crippen molar-refractivity contribution in [3.8, 4) is 5.75 Å². The number of rotatable bonds is 11. The molecule has 0 bridgehead atoms. The number of benzene rings is 1. The van der Waals surface area contributed by atoms with Crippen LogP contribution >= 0.6 is 7.75 Å². The summed E-state index contributed by atoms with van der Waals surface area (Å²) in [6.45, 7) is 3.83. The van der Waals surface area contributed by atoms with Crippen LogP contribution in [-0.2, 0) is 23.4 Å². The number of aliphatic hydroxyl groups is 1. The van der Waals surface area contributed by atoms with Gasteiger partial charge in [-0.2, -0.15) is 9.48 Å². The largest absolute Gasteiger partial charge is 0.462 e. The van der Waals surface area contributed by atoms with Crippen molar-refractivity contribution in [1.29, 1.82) is 0 Å². The number of esters is 1. The highest BCUT2D eigenvalue weighted by Crippen LogP contribution is 2.49. The summed E-state index contributed by atoms with van der Waals surface area (Å²) in [7, 11) is -4.53. The van der Waals surface area contributed by atoms with E-state index in [0.717, 1.165) is 0 Å². The van der Waals surface area contributed by atoms with Crippen LogP contribution in [0.3, 0.4) is 0 Å². The van der Waals surface area contributed by atoms with Crippen molar-refractivity contribution in [2.75, 3.05) is 6.67 Å². The number of ether oxygens (including phenoxy) is 2. The maximum atomic E-state index is 15.7. The van der Waals surface area contributed by atoms with E-state index in [0.29, 0.717) is 6.20 Å². The molecule has 1 aromatic carbocycles. The molecule has 0 spiro atoms. The van der Waals surface area contributed by atoms with Crippen LogP contribution in [0.5, 0.6) is 5.75 Å². The summed E-state index contributed by atoms with van der Waals surface area (Å²) in [6, 6.07) is 6.42. The average Bonchev–Trinajstić information content (AvgIpc) is 3.12. The Bertz CT molecular complexity index is 1330. The lowest BCUT2D eigenvalue weighted by Gasteiger charge is -2.29. The number of alkyl halides is 2. The molecule has 1 aliphatic heterocycles. The first-order valence-corrected chi connectivity index (χ1v) is 13.4. The Morgan fingerprint density at radius 2 is 1.90 bits per heavy atom. The number of aromatic nitrogens is 2. The Kier molecular flexibility index (Phi) is 9.44. The minimum atomic E-state index is -4.53. The number of carbonyl (C=O) groups excluding carboxylic acids is 1. The third kappa shape index (κ3) is 6.79. The van der Waals surface area contributed by atoms with E-state index in [-0.39, 0.29) is 10.3 Å². The Morgan fingerprint density at radius 1 is 1.26 bits per heavy atom. The van der Waals surface area contributed by atoms with Crippen molar-refractivity contribution in [2.24, 2.45) is 0 Å². The normalized spacial score (nSPS) is 26.1. The molecule has 0 amide bonds. The lowest BCUT2D eigenvalue weighted by molar-refractivity contribution is -0.149. The standard InChI is InChI=1S/C23H29F3N3O9P/c1-12(2)35-20(32)13(3)28-39(34,38-15-8-6-5-7-9-15)37-14(4)17-18(30)23(26,11-24)21(36-17)29-10-16(25)19(31)27-22(29)33/h5-10,12-14,17-18,21,30H,11H2,1-4H3,(H,28,34)(H,27,31,33)/t13-,14+,17+,18?,21+,23+,39?/m0/s1. The summed E-state index contributed by atoms with van der Waals surface area (Å²) < 4.78 is 79.0. The molecule has 2 aromatic rings. The average molecular weight is 579 g/mol. The fourth-order valence-electron chi connectivity index (χ4n) is 3.80. The predicted octanol–water partition coefficient (Wildman–Crippen LogP) is 2.13. The number of aliphatic hydroxyl groups excluding tert-OH is 1. The van der Waals surface area contributed by atoms with Gasteiger partial charge < -0.3 is 19.1 Å². The molecule has 39 heavy (non-hydrogen) atoms. The van der Waals surface area contributed by atoms with E-state index in [1.807, 2.05) is 0 Å². The third-order valence-corrected chi connectivity index (χ3v) is 7.44. The molecular weight excluding hydrogens is 550 g/mol. The highest BCUT2D eigenvalue weighted by molar-refractivity contribution is 7.52. The Morgan fingerprint density at radius 3 is 2.49 bits per heavy atom. The van der Waals surface area contributed by atoms with Gasteiger partial charge in [0.2, 0.25) is 11.5 Å². The van der Waals surface area contributed by atoms with Gasteiger partial charge in [0.05, 0.1) is 18.4 Å². The molecule has 1 saturated heterocycles. The van der Waals surface area contributed by atoms with Crippen LogP contribution in [0.25, 0.3) is 0 Å². The summed E-state index contributed by atoms with van der Waals surface area (Å²) >= 11 is 0. The molecule has 0 aliphatic carbocycles. The lowest BCUT2D eigenvalue weighted by Crippen LogP contribution is -2.49. The predicted molar refractivity (Wildman–Crippen MR) is 130 cm³/mol. The van der Waals surface area contributed by atoms with Gasteiger partial charge in [-0.25, -0.2) is 18.1 Å². The Labute approximate surface area is 220 Å². The quantitative estimate of drug-likeness (QED) is 0.266. The summed E-state index contributed by atoms with van der Waals surface area (Å²) in [5.74, 6) is -2.24. The fourth-order valence-corrected chi connectivity index (χ4v) is 5.49. The van der Waals surface area contributed by atoms with Gasteiger partial charge in [0.1, 0.15) is 30.7 Å². The molecule has 12 nitrogen and oxygen atoms in total. The summed E-state index contributed by atoms with van der Waals surface area (Å²) in [6.07, 6.45) is -8.07. The van der Waals surface area contributed by atoms with Crippen LogP contribution < -0.4 is 20.9 Å². The third-order valence-electron chi connectivity index (χ3n) is 5.67. The first-order chi connectivity index (χ1) is 18.2. The van der Waals surface area contributed by atoms with Gasteiger partial charge >= 0.3 is 19.4 Å². The van der Waals surface area contributed by atoms with Gasteiger partial charge in [-0.05, 0) is 39.8 Å². The van der Waals surface area contributed by atoms with Crippen molar-refractivity contribution >= 4 is 13.7 Å². The topological polar surface area (TPSA) is 158 Å². The molecule has 1 fully saturated rings. The first-order valence-electron chi connectivity index (χ1n) is 11.8. The van der Waals surface area contributed by atoms with Crippen LogP contribution in [0.2, 0.25) is 0 Å². The Hall–Kier alpha value is -2.97. The molecule has 2 unspecified atom stereocenters. The monoisotopic (exact) mass is 579 g/mol. The molecule has 2 heterocycles. The highest BCUT2D eigenvalue weighted by Gasteiger charge is 2.61. The second kappa shape index (κ2) is 12.0. The summed E-state index contributed by atoms with van der Waals surface area (Å²) in [4.78, 5) is 37.5. The van der Waals surface area contributed by atoms with Crippen LogP contribution in [0, 0.1) is 5.82 Å². The second-order valence-corrected chi connectivity index (χ2v) is 10.8. The van der Waals surface area contributed by atoms with Gasteiger partial charge in [0.15, 0.2) is 6.23 Å². The zero-order valence-electron chi connectivity index (χ0n) is 21.4. The van der Waals surface area contributed by atoms with E-state index in [2.05, 4.69) is 5.09 Å². The molecule has 0 saturated carbocycles. The first kappa shape index (κ1) is 30.6. The molecule has 1 aliphatic rings. The maximum Gasteiger partial charge on any atom is 0.459 e. The van der Waals surface area contributed by atoms with E-state index in [1.165, 1.54) is 26.0 Å². The number of para-hydroxylation sites is 1. The molecule has 0 radical (unpaired) electrons. The van der Waals surface area contributed by atoms with Gasteiger partial charge in [-0.1, -0.05) is 18.2 Å². The molecule has 216 valence electrons. The van der Waals surface area contributed by atoms with E-state index < -0.39 is 79.8 Å². The number of nitrogens with one attached hydrogen (secondary N) is 2. The molecule has 3 rings (SSSR count). The van der Waals surface area contributed by atoms with Gasteiger partial charge in [0, 0.05) is 0 Å². The fraction of sp³-hybridized carbons (Fsp3) is 0.522. The highest BCUT2D eigenvalue weighted by atomic mass is 31.2. The molecular formula is C23H29F3N3O9P. The maximum absolute atomic E-state index is 15.7. The van der Waals surface area contributed by atoms with Crippen molar-refractivity contribution in [3.05, 3.63) is 63.2 Å². The van der Waals surface area contributed by atoms with Crippen LogP contribution in [0.4, 0.5) is 13.2 Å². The van der Waals surface area contributed by atoms with Gasteiger partial charge in [0.25, 0.3) is 5.56 Å². The van der Waals surface area contributed by atoms with E-state index in [1.54, 1.807) is 37.0 Å². The zero-order valence-corrected chi connectivity index (χ0v) is 22.3. The van der Waals surface area contributed by atoms with Crippen LogP contribution in [0.1, 0.15) is 33.9 Å². The van der Waals surface area contributed by atoms with E-state index in [9.17, 15) is 32.8 Å². The number of H-pyrrole nitrogens is 1. The SMILES string of the molecule is CC(C)OC(=O)[C@H](C)NP(=O)(Oc1ccccc1)O[C@H](C)[C@H]1O[C@@H](n2cc(F)c(=O)[nH]c2=O)[C@@](F)(CF)C1O. The molecule has 7 atom stereocenters. The Balaban J connectivity index is 1.91. The minimum absolute atomic E-state index is 0.0505. The van der Waals surface area contributed by atoms with Crippen molar-refractivity contribution in [1.82, 2.24) is 14.6 Å². The van der Waals surface area contributed by atoms with Gasteiger partial charge in [-0.3, -0.25) is 23.7 Å². The summed E-state index contributed by atoms with van der Waals surface area (Å²) in [5.41, 5.74) is -6.04. The second-order valence-electron chi connectivity index (χ2n) is 9.15. The molecule has 16 heteroatoms. The van der Waals surface area contributed by atoms with Gasteiger partial charge in [-0.15, -0.1) is 0 Å².